The van der Waals surface area contributed by atoms with E-state index in [9.17, 15) is 4.79 Å². The fourth-order valence-corrected chi connectivity index (χ4v) is 1.22. The molecule has 1 unspecified atom stereocenters. The average molecular weight is 224 g/mol. The SMILES string of the molecule is Cc1ccc(OCCCC(O)C(=O)O)cc1. The van der Waals surface area contributed by atoms with Gasteiger partial charge in [0.25, 0.3) is 0 Å². The van der Waals surface area contributed by atoms with Crippen LogP contribution in [0.3, 0.4) is 0 Å². The first-order chi connectivity index (χ1) is 7.59. The number of aliphatic carboxylic acids is 1. The van der Waals surface area contributed by atoms with Gasteiger partial charge in [-0.1, -0.05) is 17.7 Å². The molecule has 0 saturated carbocycles. The van der Waals surface area contributed by atoms with Gasteiger partial charge in [0, 0.05) is 0 Å². The van der Waals surface area contributed by atoms with Gasteiger partial charge in [0.15, 0.2) is 6.10 Å². The molecular formula is C12H16O4. The van der Waals surface area contributed by atoms with Crippen molar-refractivity contribution in [1.82, 2.24) is 0 Å². The molecule has 4 heteroatoms. The van der Waals surface area contributed by atoms with Crippen molar-refractivity contribution in [1.29, 1.82) is 0 Å². The Hall–Kier alpha value is -1.55. The van der Waals surface area contributed by atoms with Crippen molar-refractivity contribution < 1.29 is 19.7 Å². The lowest BCUT2D eigenvalue weighted by atomic mass is 10.2. The largest absolute Gasteiger partial charge is 0.494 e. The molecule has 0 bridgehead atoms. The van der Waals surface area contributed by atoms with E-state index in [0.29, 0.717) is 13.0 Å². The highest BCUT2D eigenvalue weighted by molar-refractivity contribution is 5.71. The predicted molar refractivity (Wildman–Crippen MR) is 59.6 cm³/mol. The molecule has 0 aliphatic rings. The summed E-state index contributed by atoms with van der Waals surface area (Å²) < 4.78 is 5.39. The van der Waals surface area contributed by atoms with E-state index >= 15 is 0 Å². The van der Waals surface area contributed by atoms with E-state index in [-0.39, 0.29) is 6.42 Å². The van der Waals surface area contributed by atoms with Crippen LogP contribution in [0.5, 0.6) is 5.75 Å². The zero-order valence-electron chi connectivity index (χ0n) is 9.22. The van der Waals surface area contributed by atoms with Crippen LogP contribution >= 0.6 is 0 Å². The van der Waals surface area contributed by atoms with Crippen molar-refractivity contribution in [3.05, 3.63) is 29.8 Å². The van der Waals surface area contributed by atoms with E-state index in [1.54, 1.807) is 0 Å². The van der Waals surface area contributed by atoms with Gasteiger partial charge in [-0.3, -0.25) is 0 Å². The van der Waals surface area contributed by atoms with Crippen molar-refractivity contribution in [2.75, 3.05) is 6.61 Å². The summed E-state index contributed by atoms with van der Waals surface area (Å²) in [6, 6.07) is 7.62. The molecule has 1 rings (SSSR count). The van der Waals surface area contributed by atoms with Crippen LogP contribution < -0.4 is 4.74 Å². The van der Waals surface area contributed by atoms with Crippen LogP contribution in [-0.2, 0) is 4.79 Å². The third-order valence-electron chi connectivity index (χ3n) is 2.20. The van der Waals surface area contributed by atoms with Crippen molar-refractivity contribution in [3.63, 3.8) is 0 Å². The number of hydrogen-bond acceptors (Lipinski definition) is 3. The number of benzene rings is 1. The number of hydrogen-bond donors (Lipinski definition) is 2. The maximum atomic E-state index is 10.3. The number of aliphatic hydroxyl groups excluding tert-OH is 1. The van der Waals surface area contributed by atoms with Gasteiger partial charge in [0.05, 0.1) is 6.61 Å². The van der Waals surface area contributed by atoms with Gasteiger partial charge in [0.2, 0.25) is 0 Å². The van der Waals surface area contributed by atoms with E-state index < -0.39 is 12.1 Å². The highest BCUT2D eigenvalue weighted by Crippen LogP contribution is 2.12. The summed E-state index contributed by atoms with van der Waals surface area (Å²) in [4.78, 5) is 10.3. The summed E-state index contributed by atoms with van der Waals surface area (Å²) in [5.74, 6) is -0.425. The second-order valence-electron chi connectivity index (χ2n) is 3.66. The summed E-state index contributed by atoms with van der Waals surface area (Å²) in [5.41, 5.74) is 1.16. The van der Waals surface area contributed by atoms with Gasteiger partial charge in [0.1, 0.15) is 5.75 Å². The molecule has 0 radical (unpaired) electrons. The molecule has 0 aliphatic heterocycles. The van der Waals surface area contributed by atoms with Crippen LogP contribution in [-0.4, -0.2) is 28.9 Å². The molecular weight excluding hydrogens is 208 g/mol. The average Bonchev–Trinajstić information content (AvgIpc) is 2.26. The summed E-state index contributed by atoms with van der Waals surface area (Å²) in [6.07, 6.45) is -0.565. The van der Waals surface area contributed by atoms with Gasteiger partial charge >= 0.3 is 5.97 Å². The number of carboxylic acid groups (broad SMARTS) is 1. The van der Waals surface area contributed by atoms with E-state index in [2.05, 4.69) is 0 Å². The minimum atomic E-state index is -1.29. The molecule has 1 atom stereocenters. The van der Waals surface area contributed by atoms with Crippen molar-refractivity contribution in [3.8, 4) is 5.75 Å². The van der Waals surface area contributed by atoms with E-state index in [1.165, 1.54) is 0 Å². The molecule has 0 spiro atoms. The van der Waals surface area contributed by atoms with Crippen LogP contribution in [0.15, 0.2) is 24.3 Å². The Kier molecular flexibility index (Phi) is 4.79. The highest BCUT2D eigenvalue weighted by atomic mass is 16.5. The number of aliphatic hydroxyl groups is 1. The maximum Gasteiger partial charge on any atom is 0.332 e. The Morgan fingerprint density at radius 3 is 2.56 bits per heavy atom. The number of carboxylic acids is 1. The van der Waals surface area contributed by atoms with Crippen molar-refractivity contribution in [2.24, 2.45) is 0 Å². The standard InChI is InChI=1S/C12H16O4/c1-9-4-6-10(7-5-9)16-8-2-3-11(13)12(14)15/h4-7,11,13H,2-3,8H2,1H3,(H,14,15). The lowest BCUT2D eigenvalue weighted by molar-refractivity contribution is -0.147. The van der Waals surface area contributed by atoms with E-state index in [4.69, 9.17) is 14.9 Å². The monoisotopic (exact) mass is 224 g/mol. The lowest BCUT2D eigenvalue weighted by Gasteiger charge is -2.07. The molecule has 0 amide bonds. The topological polar surface area (TPSA) is 66.8 Å². The predicted octanol–water partition coefficient (Wildman–Crippen LogP) is 1.60. The quantitative estimate of drug-likeness (QED) is 0.720. The zero-order chi connectivity index (χ0) is 12.0. The minimum absolute atomic E-state index is 0.210. The highest BCUT2D eigenvalue weighted by Gasteiger charge is 2.11. The first-order valence-electron chi connectivity index (χ1n) is 5.20. The molecule has 4 nitrogen and oxygen atoms in total. The van der Waals surface area contributed by atoms with Crippen molar-refractivity contribution >= 4 is 5.97 Å². The molecule has 0 saturated heterocycles. The summed E-state index contributed by atoms with van der Waals surface area (Å²) in [6.45, 7) is 2.40. The van der Waals surface area contributed by atoms with Gasteiger partial charge in [-0.05, 0) is 31.9 Å². The Labute approximate surface area is 94.5 Å². The van der Waals surface area contributed by atoms with E-state index in [1.807, 2.05) is 31.2 Å². The third-order valence-corrected chi connectivity index (χ3v) is 2.20. The second kappa shape index (κ2) is 6.12. The fourth-order valence-electron chi connectivity index (χ4n) is 1.22. The normalized spacial score (nSPS) is 12.1. The smallest absolute Gasteiger partial charge is 0.332 e. The minimum Gasteiger partial charge on any atom is -0.494 e. The van der Waals surface area contributed by atoms with Gasteiger partial charge < -0.3 is 14.9 Å². The Morgan fingerprint density at radius 2 is 2.00 bits per heavy atom. The maximum absolute atomic E-state index is 10.3. The second-order valence-corrected chi connectivity index (χ2v) is 3.66. The van der Waals surface area contributed by atoms with E-state index in [0.717, 1.165) is 11.3 Å². The van der Waals surface area contributed by atoms with Crippen LogP contribution in [0.1, 0.15) is 18.4 Å². The Morgan fingerprint density at radius 1 is 1.38 bits per heavy atom. The molecule has 88 valence electrons. The molecule has 2 N–H and O–H groups in total. The number of aryl methyl sites for hydroxylation is 1. The summed E-state index contributed by atoms with van der Waals surface area (Å²) >= 11 is 0. The molecule has 1 aromatic rings. The Balaban J connectivity index is 2.21. The molecule has 1 aromatic carbocycles. The molecule has 0 aliphatic carbocycles. The molecule has 0 heterocycles. The first-order valence-corrected chi connectivity index (χ1v) is 5.20. The number of ether oxygens (including phenoxy) is 1. The first kappa shape index (κ1) is 12.5. The lowest BCUT2D eigenvalue weighted by Crippen LogP contribution is -2.19. The Bertz CT molecular complexity index is 331. The zero-order valence-corrected chi connectivity index (χ0v) is 9.22. The van der Waals surface area contributed by atoms with Gasteiger partial charge in [-0.2, -0.15) is 0 Å². The van der Waals surface area contributed by atoms with Crippen molar-refractivity contribution in [2.45, 2.75) is 25.9 Å². The molecule has 0 aromatic heterocycles. The van der Waals surface area contributed by atoms with Crippen LogP contribution in [0.2, 0.25) is 0 Å². The summed E-state index contributed by atoms with van der Waals surface area (Å²) in [5, 5.41) is 17.4. The molecule has 16 heavy (non-hydrogen) atoms. The van der Waals surface area contributed by atoms with Crippen LogP contribution in [0.4, 0.5) is 0 Å². The fraction of sp³-hybridized carbons (Fsp3) is 0.417. The van der Waals surface area contributed by atoms with Crippen LogP contribution in [0.25, 0.3) is 0 Å². The number of carbonyl (C=O) groups is 1. The number of rotatable bonds is 6. The summed E-state index contributed by atoms with van der Waals surface area (Å²) in [7, 11) is 0. The van der Waals surface area contributed by atoms with Crippen LogP contribution in [0, 0.1) is 6.92 Å². The van der Waals surface area contributed by atoms with Gasteiger partial charge in [-0.25, -0.2) is 4.79 Å². The third kappa shape index (κ3) is 4.31. The van der Waals surface area contributed by atoms with Gasteiger partial charge in [-0.15, -0.1) is 0 Å². The molecule has 0 fully saturated rings.